The molecule has 0 aliphatic heterocycles. The Labute approximate surface area is 135 Å². The fourth-order valence-corrected chi connectivity index (χ4v) is 2.85. The van der Waals surface area contributed by atoms with E-state index in [9.17, 15) is 4.79 Å². The van der Waals surface area contributed by atoms with Gasteiger partial charge in [-0.3, -0.25) is 4.79 Å². The van der Waals surface area contributed by atoms with E-state index in [0.717, 1.165) is 28.5 Å². The SMILES string of the molecule is CNCc1nc(-c2ccc(NC(=O)C[N+](C)(C)C)cc2)cs1. The first kappa shape index (κ1) is 16.6. The highest BCUT2D eigenvalue weighted by atomic mass is 32.1. The number of thiazole rings is 1. The standard InChI is InChI=1S/C16H22N4OS/c1-17-9-16-19-14(11-22-16)12-5-7-13(8-6-12)18-15(21)10-20(2,3)4/h5-8,11,17H,9-10H2,1-4H3/p+1. The molecule has 2 rings (SSSR count). The van der Waals surface area contributed by atoms with Crippen molar-refractivity contribution < 1.29 is 9.28 Å². The van der Waals surface area contributed by atoms with E-state index in [4.69, 9.17) is 0 Å². The summed E-state index contributed by atoms with van der Waals surface area (Å²) in [5, 5.41) is 9.14. The minimum Gasteiger partial charge on any atom is -0.323 e. The van der Waals surface area contributed by atoms with Crippen molar-refractivity contribution in [1.82, 2.24) is 10.3 Å². The molecule has 2 N–H and O–H groups in total. The van der Waals surface area contributed by atoms with E-state index in [1.165, 1.54) is 0 Å². The van der Waals surface area contributed by atoms with Crippen molar-refractivity contribution >= 4 is 22.9 Å². The molecular weight excluding hydrogens is 296 g/mol. The molecular formula is C16H23N4OS+. The van der Waals surface area contributed by atoms with Crippen LogP contribution in [0.15, 0.2) is 29.6 Å². The molecule has 1 aromatic heterocycles. The van der Waals surface area contributed by atoms with Crippen molar-refractivity contribution in [3.63, 3.8) is 0 Å². The van der Waals surface area contributed by atoms with E-state index in [0.29, 0.717) is 11.0 Å². The Hall–Kier alpha value is -1.76. The third-order valence-electron chi connectivity index (χ3n) is 2.96. The number of nitrogens with one attached hydrogen (secondary N) is 2. The van der Waals surface area contributed by atoms with Crippen LogP contribution < -0.4 is 10.6 Å². The van der Waals surface area contributed by atoms with E-state index in [-0.39, 0.29) is 5.91 Å². The minimum absolute atomic E-state index is 0.0187. The highest BCUT2D eigenvalue weighted by Crippen LogP contribution is 2.23. The molecule has 1 amide bonds. The number of carbonyl (C=O) groups excluding carboxylic acids is 1. The zero-order valence-corrected chi connectivity index (χ0v) is 14.3. The van der Waals surface area contributed by atoms with Crippen LogP contribution in [-0.2, 0) is 11.3 Å². The molecule has 0 aliphatic carbocycles. The fourth-order valence-electron chi connectivity index (χ4n) is 2.03. The molecule has 22 heavy (non-hydrogen) atoms. The lowest BCUT2D eigenvalue weighted by Crippen LogP contribution is -2.41. The number of carbonyl (C=O) groups is 1. The first-order chi connectivity index (χ1) is 10.4. The summed E-state index contributed by atoms with van der Waals surface area (Å²) in [4.78, 5) is 16.5. The van der Waals surface area contributed by atoms with Crippen LogP contribution in [0.25, 0.3) is 11.3 Å². The van der Waals surface area contributed by atoms with Crippen LogP contribution in [0, 0.1) is 0 Å². The van der Waals surface area contributed by atoms with Crippen LogP contribution in [-0.4, -0.2) is 50.1 Å². The molecule has 5 nitrogen and oxygen atoms in total. The molecule has 2 aromatic rings. The first-order valence-corrected chi connectivity index (χ1v) is 8.05. The van der Waals surface area contributed by atoms with E-state index < -0.39 is 0 Å². The summed E-state index contributed by atoms with van der Waals surface area (Å²) < 4.78 is 0.608. The van der Waals surface area contributed by atoms with Crippen LogP contribution in [0.5, 0.6) is 0 Å². The molecule has 0 saturated heterocycles. The number of hydrogen-bond donors (Lipinski definition) is 2. The summed E-state index contributed by atoms with van der Waals surface area (Å²) >= 11 is 1.64. The van der Waals surface area contributed by atoms with Crippen molar-refractivity contribution in [3.8, 4) is 11.3 Å². The summed E-state index contributed by atoms with van der Waals surface area (Å²) in [5.41, 5.74) is 2.84. The zero-order valence-electron chi connectivity index (χ0n) is 13.5. The smallest absolute Gasteiger partial charge is 0.279 e. The molecule has 6 heteroatoms. The summed E-state index contributed by atoms with van der Waals surface area (Å²) in [6.07, 6.45) is 0. The van der Waals surface area contributed by atoms with Crippen molar-refractivity contribution in [2.45, 2.75) is 6.54 Å². The summed E-state index contributed by atoms with van der Waals surface area (Å²) in [5.74, 6) is 0.0187. The number of aromatic nitrogens is 1. The average Bonchev–Trinajstić information content (AvgIpc) is 2.86. The lowest BCUT2D eigenvalue weighted by molar-refractivity contribution is -0.861. The van der Waals surface area contributed by atoms with Gasteiger partial charge in [-0.1, -0.05) is 12.1 Å². The molecule has 0 atom stereocenters. The first-order valence-electron chi connectivity index (χ1n) is 7.17. The van der Waals surface area contributed by atoms with E-state index >= 15 is 0 Å². The number of likely N-dealkylation sites (N-methyl/N-ethyl adjacent to an activating group) is 1. The van der Waals surface area contributed by atoms with Crippen molar-refractivity contribution in [2.75, 3.05) is 40.1 Å². The van der Waals surface area contributed by atoms with Crippen LogP contribution >= 0.6 is 11.3 Å². The maximum absolute atomic E-state index is 11.9. The largest absolute Gasteiger partial charge is 0.323 e. The Morgan fingerprint density at radius 3 is 2.50 bits per heavy atom. The normalized spacial score (nSPS) is 11.5. The Morgan fingerprint density at radius 1 is 1.23 bits per heavy atom. The van der Waals surface area contributed by atoms with Crippen molar-refractivity contribution in [3.05, 3.63) is 34.7 Å². The van der Waals surface area contributed by atoms with Crippen LogP contribution in [0.4, 0.5) is 5.69 Å². The highest BCUT2D eigenvalue weighted by Gasteiger charge is 2.14. The molecule has 0 spiro atoms. The topological polar surface area (TPSA) is 54.0 Å². The van der Waals surface area contributed by atoms with Gasteiger partial charge in [0.2, 0.25) is 0 Å². The van der Waals surface area contributed by atoms with Crippen molar-refractivity contribution in [2.24, 2.45) is 0 Å². The Kier molecular flexibility index (Phi) is 5.28. The van der Waals surface area contributed by atoms with Gasteiger partial charge in [-0.05, 0) is 19.2 Å². The Morgan fingerprint density at radius 2 is 1.91 bits per heavy atom. The molecule has 1 heterocycles. The van der Waals surface area contributed by atoms with Crippen LogP contribution in [0.1, 0.15) is 5.01 Å². The number of benzene rings is 1. The molecule has 0 aliphatic rings. The Balaban J connectivity index is 2.02. The minimum atomic E-state index is 0.0187. The molecule has 0 bridgehead atoms. The quantitative estimate of drug-likeness (QED) is 0.803. The number of anilines is 1. The Bertz CT molecular complexity index is 628. The monoisotopic (exact) mass is 319 g/mol. The second-order valence-electron chi connectivity index (χ2n) is 6.23. The van der Waals surface area contributed by atoms with Gasteiger partial charge >= 0.3 is 0 Å². The third-order valence-corrected chi connectivity index (χ3v) is 3.81. The van der Waals surface area contributed by atoms with Gasteiger partial charge < -0.3 is 15.1 Å². The number of amides is 1. The molecule has 0 radical (unpaired) electrons. The second kappa shape index (κ2) is 7.00. The highest BCUT2D eigenvalue weighted by molar-refractivity contribution is 7.09. The number of rotatable bonds is 6. The van der Waals surface area contributed by atoms with E-state index in [1.54, 1.807) is 11.3 Å². The van der Waals surface area contributed by atoms with Gasteiger partial charge in [0.25, 0.3) is 5.91 Å². The summed E-state index contributed by atoms with van der Waals surface area (Å²) in [7, 11) is 7.89. The second-order valence-corrected chi connectivity index (χ2v) is 7.17. The molecule has 118 valence electrons. The van der Waals surface area contributed by atoms with Crippen LogP contribution in [0.2, 0.25) is 0 Å². The third kappa shape index (κ3) is 4.91. The zero-order chi connectivity index (χ0) is 16.2. The van der Waals surface area contributed by atoms with Gasteiger partial charge in [0.15, 0.2) is 6.54 Å². The molecule has 0 saturated carbocycles. The molecule has 1 aromatic carbocycles. The maximum atomic E-state index is 11.9. The average molecular weight is 319 g/mol. The van der Waals surface area contributed by atoms with Crippen molar-refractivity contribution in [1.29, 1.82) is 0 Å². The summed E-state index contributed by atoms with van der Waals surface area (Å²) in [6.45, 7) is 1.23. The summed E-state index contributed by atoms with van der Waals surface area (Å²) in [6, 6.07) is 7.81. The van der Waals surface area contributed by atoms with Crippen LogP contribution in [0.3, 0.4) is 0 Å². The molecule has 0 fully saturated rings. The van der Waals surface area contributed by atoms with Gasteiger partial charge in [-0.2, -0.15) is 0 Å². The van der Waals surface area contributed by atoms with E-state index in [2.05, 4.69) is 21.0 Å². The van der Waals surface area contributed by atoms with Gasteiger partial charge in [-0.15, -0.1) is 11.3 Å². The number of quaternary nitrogens is 1. The number of nitrogens with zero attached hydrogens (tertiary/aromatic N) is 2. The molecule has 0 unspecified atom stereocenters. The number of hydrogen-bond acceptors (Lipinski definition) is 4. The van der Waals surface area contributed by atoms with E-state index in [1.807, 2.05) is 52.5 Å². The van der Waals surface area contributed by atoms with Gasteiger partial charge in [0, 0.05) is 23.2 Å². The predicted octanol–water partition coefficient (Wildman–Crippen LogP) is 2.17. The van der Waals surface area contributed by atoms with Gasteiger partial charge in [0.1, 0.15) is 5.01 Å². The lowest BCUT2D eigenvalue weighted by atomic mass is 10.1. The fraction of sp³-hybridized carbons (Fsp3) is 0.375. The predicted molar refractivity (Wildman–Crippen MR) is 91.8 cm³/mol. The van der Waals surface area contributed by atoms with Gasteiger partial charge in [0.05, 0.1) is 26.8 Å². The van der Waals surface area contributed by atoms with Gasteiger partial charge in [-0.25, -0.2) is 4.98 Å². The lowest BCUT2D eigenvalue weighted by Gasteiger charge is -2.22. The maximum Gasteiger partial charge on any atom is 0.279 e.